The van der Waals surface area contributed by atoms with Crippen molar-refractivity contribution in [3.63, 3.8) is 0 Å². The molecule has 122 valence electrons. The molecule has 0 radical (unpaired) electrons. The van der Waals surface area contributed by atoms with Crippen molar-refractivity contribution < 1.29 is 24.3 Å². The molecule has 1 fully saturated rings. The Hall–Kier alpha value is -3.10. The summed E-state index contributed by atoms with van der Waals surface area (Å²) in [4.78, 5) is 49.1. The smallest absolute Gasteiger partial charge is 0.325 e. The van der Waals surface area contributed by atoms with Gasteiger partial charge in [-0.05, 0) is 17.7 Å². The molecule has 0 spiro atoms. The molecule has 1 atom stereocenters. The van der Waals surface area contributed by atoms with Gasteiger partial charge in [0.05, 0.1) is 0 Å². The lowest BCUT2D eigenvalue weighted by Crippen LogP contribution is -2.58. The maximum Gasteiger partial charge on any atom is 0.325 e. The van der Waals surface area contributed by atoms with Gasteiger partial charge in [-0.25, -0.2) is 4.79 Å². The summed E-state index contributed by atoms with van der Waals surface area (Å²) in [5.74, 6) is -2.61. The van der Waals surface area contributed by atoms with Crippen molar-refractivity contribution in [2.75, 3.05) is 20.1 Å². The zero-order valence-corrected chi connectivity index (χ0v) is 12.4. The number of likely N-dealkylation sites (N-methyl/N-ethyl adjacent to an activating group) is 1. The Kier molecular flexibility index (Phi) is 4.49. The van der Waals surface area contributed by atoms with E-state index in [1.165, 1.54) is 36.2 Å². The van der Waals surface area contributed by atoms with E-state index < -0.39 is 29.8 Å². The first-order valence-corrected chi connectivity index (χ1v) is 6.77. The Bertz CT molecular complexity index is 658. The van der Waals surface area contributed by atoms with Gasteiger partial charge in [-0.1, -0.05) is 12.1 Å². The molecule has 9 heteroatoms. The molecular formula is C14H16N4O5. The molecule has 2 rings (SSSR count). The molecule has 1 aliphatic rings. The van der Waals surface area contributed by atoms with E-state index in [2.05, 4.69) is 5.32 Å². The third-order valence-corrected chi connectivity index (χ3v) is 3.46. The van der Waals surface area contributed by atoms with E-state index in [0.29, 0.717) is 5.56 Å². The van der Waals surface area contributed by atoms with Gasteiger partial charge in [0.2, 0.25) is 5.91 Å². The highest BCUT2D eigenvalue weighted by molar-refractivity contribution is 6.38. The van der Waals surface area contributed by atoms with Gasteiger partial charge in [0, 0.05) is 20.1 Å². The van der Waals surface area contributed by atoms with Crippen molar-refractivity contribution >= 4 is 23.8 Å². The maximum absolute atomic E-state index is 12.2. The van der Waals surface area contributed by atoms with Crippen LogP contribution >= 0.6 is 0 Å². The minimum absolute atomic E-state index is 0.0110. The van der Waals surface area contributed by atoms with Crippen molar-refractivity contribution in [2.24, 2.45) is 5.73 Å². The van der Waals surface area contributed by atoms with Crippen LogP contribution in [0.2, 0.25) is 0 Å². The van der Waals surface area contributed by atoms with Crippen molar-refractivity contribution in [1.29, 1.82) is 0 Å². The van der Waals surface area contributed by atoms with Gasteiger partial charge in [0.15, 0.2) is 0 Å². The quantitative estimate of drug-likeness (QED) is 0.610. The number of carbonyl (C=O) groups excluding carboxylic acids is 4. The number of nitrogens with two attached hydrogens (primary N) is 1. The Morgan fingerprint density at radius 2 is 1.78 bits per heavy atom. The predicted molar refractivity (Wildman–Crippen MR) is 77.9 cm³/mol. The summed E-state index contributed by atoms with van der Waals surface area (Å²) in [5, 5.41) is 11.6. The molecule has 1 aromatic carbocycles. The number of hydrogen-bond acceptors (Lipinski definition) is 5. The highest BCUT2D eigenvalue weighted by atomic mass is 16.3. The molecule has 9 nitrogen and oxygen atoms in total. The van der Waals surface area contributed by atoms with Gasteiger partial charge in [0.25, 0.3) is 0 Å². The van der Waals surface area contributed by atoms with E-state index in [0.717, 1.165) is 4.90 Å². The van der Waals surface area contributed by atoms with Crippen molar-refractivity contribution in [2.45, 2.75) is 6.04 Å². The lowest BCUT2D eigenvalue weighted by atomic mass is 10.1. The monoisotopic (exact) mass is 320 g/mol. The summed E-state index contributed by atoms with van der Waals surface area (Å²) >= 11 is 0. The Morgan fingerprint density at radius 3 is 2.35 bits per heavy atom. The third-order valence-electron chi connectivity index (χ3n) is 3.46. The van der Waals surface area contributed by atoms with Crippen molar-refractivity contribution in [3.05, 3.63) is 29.8 Å². The number of hydrogen-bond donors (Lipinski definition) is 3. The topological polar surface area (TPSA) is 133 Å². The number of phenols is 1. The number of amides is 5. The van der Waals surface area contributed by atoms with Crippen LogP contribution in [0.4, 0.5) is 4.79 Å². The molecule has 5 amide bonds. The van der Waals surface area contributed by atoms with E-state index in [-0.39, 0.29) is 18.8 Å². The number of aromatic hydroxyl groups is 1. The molecule has 0 aromatic heterocycles. The summed E-state index contributed by atoms with van der Waals surface area (Å²) in [6.07, 6.45) is 0. The highest BCUT2D eigenvalue weighted by Crippen LogP contribution is 2.17. The van der Waals surface area contributed by atoms with Gasteiger partial charge >= 0.3 is 17.8 Å². The number of phenolic OH excluding ortho intramolecular Hbond substituents is 1. The summed E-state index contributed by atoms with van der Waals surface area (Å²) in [6, 6.07) is 3.44. The molecule has 1 aromatic rings. The van der Waals surface area contributed by atoms with Gasteiger partial charge in [0.1, 0.15) is 11.8 Å². The number of primary amides is 1. The molecule has 0 unspecified atom stereocenters. The minimum atomic E-state index is -1.19. The van der Waals surface area contributed by atoms with E-state index in [4.69, 9.17) is 5.73 Å². The van der Waals surface area contributed by atoms with Crippen LogP contribution in [0, 0.1) is 0 Å². The lowest BCUT2D eigenvalue weighted by molar-refractivity contribution is -0.152. The molecular weight excluding hydrogens is 304 g/mol. The standard InChI is InChI=1S/C14H16N4O5/c1-17-6-7-18(13(22)12(17)21)14(23)16-10(11(15)20)8-2-4-9(19)5-3-8/h2-5,10,19H,6-7H2,1H3,(H2,15,20)(H,16,23)/t10-/m1/s1. The van der Waals surface area contributed by atoms with Gasteiger partial charge in [-0.15, -0.1) is 0 Å². The number of nitrogens with one attached hydrogen (secondary N) is 1. The number of rotatable bonds is 3. The highest BCUT2D eigenvalue weighted by Gasteiger charge is 2.35. The molecule has 0 bridgehead atoms. The van der Waals surface area contributed by atoms with E-state index in [1.54, 1.807) is 0 Å². The Labute approximate surface area is 131 Å². The van der Waals surface area contributed by atoms with Crippen LogP contribution in [0.5, 0.6) is 5.75 Å². The normalized spacial score (nSPS) is 16.2. The summed E-state index contributed by atoms with van der Waals surface area (Å²) < 4.78 is 0. The largest absolute Gasteiger partial charge is 0.508 e. The molecule has 1 aliphatic heterocycles. The van der Waals surface area contributed by atoms with Crippen LogP contribution in [0.1, 0.15) is 11.6 Å². The fraction of sp³-hybridized carbons (Fsp3) is 0.286. The number of nitrogens with zero attached hydrogens (tertiary/aromatic N) is 2. The molecule has 4 N–H and O–H groups in total. The molecule has 1 heterocycles. The molecule has 0 aliphatic carbocycles. The zero-order chi connectivity index (χ0) is 17.1. The lowest BCUT2D eigenvalue weighted by Gasteiger charge is -2.31. The second-order valence-corrected chi connectivity index (χ2v) is 5.06. The summed E-state index contributed by atoms with van der Waals surface area (Å²) in [5.41, 5.74) is 5.62. The van der Waals surface area contributed by atoms with Crippen LogP contribution in [-0.2, 0) is 14.4 Å². The fourth-order valence-corrected chi connectivity index (χ4v) is 2.11. The van der Waals surface area contributed by atoms with Crippen LogP contribution in [0.25, 0.3) is 0 Å². The molecule has 1 saturated heterocycles. The number of piperazine rings is 1. The first-order chi connectivity index (χ1) is 10.8. The third kappa shape index (κ3) is 3.39. The minimum Gasteiger partial charge on any atom is -0.508 e. The average molecular weight is 320 g/mol. The average Bonchev–Trinajstić information content (AvgIpc) is 2.51. The van der Waals surface area contributed by atoms with Crippen molar-refractivity contribution in [1.82, 2.24) is 15.1 Å². The van der Waals surface area contributed by atoms with Gasteiger partial charge in [-0.2, -0.15) is 0 Å². The molecule has 0 saturated carbocycles. The first kappa shape index (κ1) is 16.3. The van der Waals surface area contributed by atoms with Crippen LogP contribution in [0.15, 0.2) is 24.3 Å². The maximum atomic E-state index is 12.2. The summed E-state index contributed by atoms with van der Waals surface area (Å²) in [7, 11) is 1.46. The number of imide groups is 1. The van der Waals surface area contributed by atoms with E-state index in [9.17, 15) is 24.3 Å². The Morgan fingerprint density at radius 1 is 1.17 bits per heavy atom. The number of benzene rings is 1. The van der Waals surface area contributed by atoms with Crippen LogP contribution in [-0.4, -0.2) is 58.8 Å². The Balaban J connectivity index is 2.15. The number of carbonyl (C=O) groups is 4. The number of urea groups is 1. The first-order valence-electron chi connectivity index (χ1n) is 6.77. The van der Waals surface area contributed by atoms with E-state index >= 15 is 0 Å². The molecule has 23 heavy (non-hydrogen) atoms. The van der Waals surface area contributed by atoms with Crippen LogP contribution in [0.3, 0.4) is 0 Å². The van der Waals surface area contributed by atoms with Crippen LogP contribution < -0.4 is 11.1 Å². The predicted octanol–water partition coefficient (Wildman–Crippen LogP) is -1.07. The van der Waals surface area contributed by atoms with Gasteiger partial charge in [-0.3, -0.25) is 19.3 Å². The summed E-state index contributed by atoms with van der Waals surface area (Å²) in [6.45, 7) is 0.229. The zero-order valence-electron chi connectivity index (χ0n) is 12.4. The fourth-order valence-electron chi connectivity index (χ4n) is 2.11. The SMILES string of the molecule is CN1CCN(C(=O)N[C@@H](C(N)=O)c2ccc(O)cc2)C(=O)C1=O. The second-order valence-electron chi connectivity index (χ2n) is 5.06. The second kappa shape index (κ2) is 6.34. The van der Waals surface area contributed by atoms with E-state index in [1.807, 2.05) is 0 Å². The van der Waals surface area contributed by atoms with Gasteiger partial charge < -0.3 is 21.1 Å². The van der Waals surface area contributed by atoms with Crippen molar-refractivity contribution in [3.8, 4) is 5.75 Å².